The minimum absolute atomic E-state index is 0.000165. The Hall–Kier alpha value is -2.44. The summed E-state index contributed by atoms with van der Waals surface area (Å²) in [4.78, 5) is 12.4. The molecule has 2 rings (SSSR count). The number of alkyl halides is 3. The number of aliphatic hydroxyl groups is 1. The number of aliphatic hydroxyl groups excluding tert-OH is 1. The Morgan fingerprint density at radius 1 is 0.977 bits per heavy atom. The van der Waals surface area contributed by atoms with Crippen LogP contribution in [0.1, 0.15) is 92.1 Å². The topological polar surface area (TPSA) is 102 Å². The zero-order valence-electron chi connectivity index (χ0n) is 27.6. The van der Waals surface area contributed by atoms with Gasteiger partial charge in [-0.3, -0.25) is 0 Å². The molecule has 0 unspecified atom stereocenters. The summed E-state index contributed by atoms with van der Waals surface area (Å²) >= 11 is 0. The third kappa shape index (κ3) is 12.2. The van der Waals surface area contributed by atoms with E-state index in [9.17, 15) is 23.1 Å². The van der Waals surface area contributed by atoms with E-state index < -0.39 is 44.0 Å². The fraction of sp³-hybridized carbons (Fsp3) is 0.719. The van der Waals surface area contributed by atoms with Crippen LogP contribution in [0.2, 0.25) is 18.1 Å². The number of nitrogens with one attached hydrogen (secondary N) is 1. The zero-order chi connectivity index (χ0) is 33.2. The van der Waals surface area contributed by atoms with Crippen molar-refractivity contribution >= 4 is 14.4 Å². The van der Waals surface area contributed by atoms with Crippen molar-refractivity contribution in [2.75, 3.05) is 13.2 Å². The summed E-state index contributed by atoms with van der Waals surface area (Å²) in [6.07, 6.45) is 4.46. The Bertz CT molecular complexity index is 1090. The summed E-state index contributed by atoms with van der Waals surface area (Å²) in [5.41, 5.74) is -3.05. The number of benzene rings is 1. The van der Waals surface area contributed by atoms with Crippen molar-refractivity contribution in [3.63, 3.8) is 0 Å². The number of hydrogen-bond donors (Lipinski definition) is 2. The number of hydrogen-bond acceptors (Lipinski definition) is 7. The molecule has 1 aliphatic rings. The molecule has 1 aromatic carbocycles. The molecular weight excluding hydrogens is 591 g/mol. The highest BCUT2D eigenvalue weighted by Crippen LogP contribution is 2.52. The molecule has 12 heteroatoms. The van der Waals surface area contributed by atoms with E-state index in [-0.39, 0.29) is 17.2 Å². The molecule has 44 heavy (non-hydrogen) atoms. The number of ether oxygens (including phenoxy) is 2. The van der Waals surface area contributed by atoms with Crippen LogP contribution in [0.15, 0.2) is 46.6 Å². The fourth-order valence-corrected chi connectivity index (χ4v) is 5.09. The maximum absolute atomic E-state index is 13.1. The van der Waals surface area contributed by atoms with Gasteiger partial charge in [-0.2, -0.15) is 13.2 Å². The molecule has 2 atom stereocenters. The third-order valence-electron chi connectivity index (χ3n) is 7.86. The number of rotatable bonds is 17. The number of carbonyl (C=O) groups is 1. The number of halogens is 3. The third-order valence-corrected chi connectivity index (χ3v) is 12.4. The Morgan fingerprint density at radius 2 is 1.55 bits per heavy atom. The minimum Gasteiger partial charge on any atom is -0.494 e. The molecule has 1 amide bonds. The van der Waals surface area contributed by atoms with Crippen LogP contribution in [0.5, 0.6) is 5.75 Å². The van der Waals surface area contributed by atoms with Crippen molar-refractivity contribution in [2.45, 2.75) is 134 Å². The van der Waals surface area contributed by atoms with E-state index in [2.05, 4.69) is 49.4 Å². The normalized spacial score (nSPS) is 16.5. The van der Waals surface area contributed by atoms with Crippen molar-refractivity contribution in [3.05, 3.63) is 42.0 Å². The Morgan fingerprint density at radius 3 is 2.07 bits per heavy atom. The van der Waals surface area contributed by atoms with Crippen LogP contribution < -0.4 is 10.1 Å². The van der Waals surface area contributed by atoms with Crippen molar-refractivity contribution in [1.29, 1.82) is 0 Å². The van der Waals surface area contributed by atoms with Crippen LogP contribution in [0.25, 0.3) is 0 Å². The van der Waals surface area contributed by atoms with Crippen molar-refractivity contribution in [2.24, 2.45) is 10.2 Å². The molecule has 0 spiro atoms. The van der Waals surface area contributed by atoms with E-state index in [4.69, 9.17) is 13.9 Å². The van der Waals surface area contributed by atoms with Gasteiger partial charge in [0.15, 0.2) is 8.32 Å². The van der Waals surface area contributed by atoms with Crippen molar-refractivity contribution in [1.82, 2.24) is 5.32 Å². The van der Waals surface area contributed by atoms with Crippen LogP contribution >= 0.6 is 0 Å². The molecule has 8 nitrogen and oxygen atoms in total. The second-order valence-electron chi connectivity index (χ2n) is 13.9. The summed E-state index contributed by atoms with van der Waals surface area (Å²) in [6, 6.07) is 5.13. The predicted octanol–water partition coefficient (Wildman–Crippen LogP) is 8.81. The van der Waals surface area contributed by atoms with E-state index in [1.54, 1.807) is 26.8 Å². The molecule has 0 bridgehead atoms. The lowest BCUT2D eigenvalue weighted by Crippen LogP contribution is -2.51. The zero-order valence-corrected chi connectivity index (χ0v) is 28.6. The Kier molecular flexibility index (Phi) is 13.5. The van der Waals surface area contributed by atoms with Gasteiger partial charge in [0.05, 0.1) is 25.4 Å². The second-order valence-corrected chi connectivity index (χ2v) is 18.7. The SMILES string of the molecule is CC(C)(C)OC(=O)N[C@@H](CO[Si](C)(C)C(C)(C)C)[C@H](O)/C=C/CCCCCCCCOc1ccc(C2(C(F)(F)F)N=N2)cc1. The monoisotopic (exact) mass is 643 g/mol. The Balaban J connectivity index is 1.65. The van der Waals surface area contributed by atoms with Gasteiger partial charge >= 0.3 is 17.9 Å². The number of alkyl carbamates (subject to hydrolysis) is 1. The quantitative estimate of drug-likeness (QED) is 0.100. The molecule has 0 aliphatic carbocycles. The first-order valence-corrected chi connectivity index (χ1v) is 18.4. The first-order valence-electron chi connectivity index (χ1n) is 15.5. The molecule has 0 radical (unpaired) electrons. The van der Waals surface area contributed by atoms with Gasteiger partial charge < -0.3 is 24.3 Å². The average Bonchev–Trinajstić information content (AvgIpc) is 3.71. The smallest absolute Gasteiger partial charge is 0.442 e. The van der Waals surface area contributed by atoms with Crippen LogP contribution in [0.3, 0.4) is 0 Å². The molecule has 1 aromatic rings. The maximum atomic E-state index is 13.1. The van der Waals surface area contributed by atoms with E-state index in [1.807, 2.05) is 6.08 Å². The van der Waals surface area contributed by atoms with Gasteiger partial charge in [0, 0.05) is 5.56 Å². The molecule has 0 saturated carbocycles. The molecule has 1 aliphatic heterocycles. The minimum atomic E-state index is -4.53. The molecule has 0 aromatic heterocycles. The van der Waals surface area contributed by atoms with Crippen LogP contribution in [0, 0.1) is 0 Å². The first-order chi connectivity index (χ1) is 20.3. The van der Waals surface area contributed by atoms with Gasteiger partial charge in [0.1, 0.15) is 11.4 Å². The molecule has 0 saturated heterocycles. The van der Waals surface area contributed by atoms with Crippen molar-refractivity contribution < 1.29 is 37.0 Å². The van der Waals surface area contributed by atoms with Crippen LogP contribution in [-0.4, -0.2) is 56.7 Å². The second kappa shape index (κ2) is 15.7. The lowest BCUT2D eigenvalue weighted by molar-refractivity contribution is -0.166. The first kappa shape index (κ1) is 37.7. The summed E-state index contributed by atoms with van der Waals surface area (Å²) in [5, 5.41) is 20.1. The summed E-state index contributed by atoms with van der Waals surface area (Å²) in [7, 11) is -2.08. The predicted molar refractivity (Wildman–Crippen MR) is 168 cm³/mol. The lowest BCUT2D eigenvalue weighted by atomic mass is 10.0. The van der Waals surface area contributed by atoms with Gasteiger partial charge in [0.25, 0.3) is 0 Å². The summed E-state index contributed by atoms with van der Waals surface area (Å²) in [5.74, 6) is 0.524. The van der Waals surface area contributed by atoms with E-state index in [0.717, 1.165) is 44.9 Å². The standard InChI is InChI=1S/C32H52F3N3O5Si/c1-29(2,3)43-28(40)36-26(23-42-44(7,8)30(4,5)6)27(39)17-15-13-11-9-10-12-14-16-22-41-25-20-18-24(19-21-25)31(37-38-31)32(33,34)35/h15,17-21,26-27,39H,9-14,16,22-23H2,1-8H3,(H,36,40)/b17-15+/t26-,27+/m0/s1. The molecular formula is C32H52F3N3O5Si. The molecule has 2 N–H and O–H groups in total. The molecule has 250 valence electrons. The highest BCUT2D eigenvalue weighted by molar-refractivity contribution is 6.74. The lowest BCUT2D eigenvalue weighted by Gasteiger charge is -2.37. The number of allylic oxidation sites excluding steroid dienone is 1. The fourth-order valence-electron chi connectivity index (χ4n) is 4.06. The number of carbonyl (C=O) groups excluding carboxylic acids is 1. The highest BCUT2D eigenvalue weighted by Gasteiger charge is 2.65. The summed E-state index contributed by atoms with van der Waals surface area (Å²) in [6.45, 7) is 16.8. The number of amides is 1. The van der Waals surface area contributed by atoms with Gasteiger partial charge in [-0.25, -0.2) is 4.79 Å². The maximum Gasteiger partial charge on any atom is 0.442 e. The average molecular weight is 644 g/mol. The molecule has 1 heterocycles. The Labute approximate surface area is 262 Å². The van der Waals surface area contributed by atoms with E-state index in [1.165, 1.54) is 24.3 Å². The number of nitrogens with zero attached hydrogens (tertiary/aromatic N) is 2. The van der Waals surface area contributed by atoms with Crippen LogP contribution in [0.4, 0.5) is 18.0 Å². The van der Waals surface area contributed by atoms with Crippen molar-refractivity contribution in [3.8, 4) is 5.75 Å². The van der Waals surface area contributed by atoms with Crippen LogP contribution in [-0.2, 0) is 14.8 Å². The van der Waals surface area contributed by atoms with E-state index >= 15 is 0 Å². The van der Waals surface area contributed by atoms with E-state index in [0.29, 0.717) is 12.4 Å². The van der Waals surface area contributed by atoms with Gasteiger partial charge in [-0.1, -0.05) is 70.7 Å². The highest BCUT2D eigenvalue weighted by atomic mass is 28.4. The largest absolute Gasteiger partial charge is 0.494 e. The number of unbranched alkanes of at least 4 members (excludes halogenated alkanes) is 6. The van der Waals surface area contributed by atoms with Gasteiger partial charge in [-0.15, -0.1) is 10.2 Å². The van der Waals surface area contributed by atoms with Gasteiger partial charge in [-0.05, 0) is 70.3 Å². The van der Waals surface area contributed by atoms with Gasteiger partial charge in [0.2, 0.25) is 0 Å². The molecule has 0 fully saturated rings. The summed E-state index contributed by atoms with van der Waals surface area (Å²) < 4.78 is 56.6.